The van der Waals surface area contributed by atoms with Gasteiger partial charge in [0.2, 0.25) is 0 Å². The monoisotopic (exact) mass is 376 g/mol. The summed E-state index contributed by atoms with van der Waals surface area (Å²) in [6, 6.07) is 7.90. The lowest BCUT2D eigenvalue weighted by Crippen LogP contribution is -2.70. The van der Waals surface area contributed by atoms with E-state index >= 15 is 0 Å². The summed E-state index contributed by atoms with van der Waals surface area (Å²) < 4.78 is 6.91. The lowest BCUT2D eigenvalue weighted by Gasteiger charge is -2.50. The maximum absolute atomic E-state index is 13.2. The summed E-state index contributed by atoms with van der Waals surface area (Å²) in [6.07, 6.45) is 4.48. The number of halogens is 1. The van der Waals surface area contributed by atoms with Gasteiger partial charge in [0.05, 0.1) is 19.5 Å². The number of hydrogen-bond donors (Lipinski definition) is 0. The highest BCUT2D eigenvalue weighted by atomic mass is 35.5. The van der Waals surface area contributed by atoms with Crippen molar-refractivity contribution in [3.05, 3.63) is 29.3 Å². The van der Waals surface area contributed by atoms with Gasteiger partial charge in [0.1, 0.15) is 11.8 Å². The largest absolute Gasteiger partial charge is 0.457 e. The number of ether oxygens (including phenoxy) is 1. The molecule has 0 amide bonds. The molecule has 4 heteroatoms. The highest BCUT2D eigenvalue weighted by Crippen LogP contribution is 2.66. The quantitative estimate of drug-likeness (QED) is 0.533. The van der Waals surface area contributed by atoms with Gasteiger partial charge in [-0.3, -0.25) is 4.48 Å². The third-order valence-corrected chi connectivity index (χ3v) is 8.80. The summed E-state index contributed by atoms with van der Waals surface area (Å²) in [5, 5.41) is 0.736. The Balaban J connectivity index is 1.53. The molecule has 5 atom stereocenters. The van der Waals surface area contributed by atoms with E-state index in [0.717, 1.165) is 31.0 Å². The zero-order valence-corrected chi connectivity index (χ0v) is 17.2. The second-order valence-electron chi connectivity index (χ2n) is 9.39. The number of fused-ring (bicyclic) bond motifs is 2. The fourth-order valence-corrected chi connectivity index (χ4v) is 6.15. The van der Waals surface area contributed by atoms with Crippen LogP contribution in [0.1, 0.15) is 53.4 Å². The summed E-state index contributed by atoms with van der Waals surface area (Å²) in [7, 11) is 0. The minimum Gasteiger partial charge on any atom is -0.457 e. The average molecular weight is 377 g/mol. The Hall–Kier alpha value is -1.06. The van der Waals surface area contributed by atoms with Crippen molar-refractivity contribution in [3.8, 4) is 0 Å². The van der Waals surface area contributed by atoms with Gasteiger partial charge in [-0.05, 0) is 49.7 Å². The van der Waals surface area contributed by atoms with Crippen molar-refractivity contribution in [1.29, 1.82) is 0 Å². The molecule has 3 fully saturated rings. The summed E-state index contributed by atoms with van der Waals surface area (Å²) in [5.74, 6) is 0.691. The molecule has 2 aliphatic carbocycles. The Morgan fingerprint density at radius 2 is 1.92 bits per heavy atom. The van der Waals surface area contributed by atoms with Gasteiger partial charge < -0.3 is 4.74 Å². The summed E-state index contributed by atoms with van der Waals surface area (Å²) in [4.78, 5) is 13.2. The van der Waals surface area contributed by atoms with Gasteiger partial charge in [0, 0.05) is 22.6 Å². The summed E-state index contributed by atoms with van der Waals surface area (Å²) in [6.45, 7) is 11.1. The molecule has 1 saturated heterocycles. The topological polar surface area (TPSA) is 26.3 Å². The predicted octanol–water partition coefficient (Wildman–Crippen LogP) is 5.20. The van der Waals surface area contributed by atoms with Gasteiger partial charge in [0.15, 0.2) is 6.04 Å². The normalized spacial score (nSPS) is 40.3. The van der Waals surface area contributed by atoms with Crippen molar-refractivity contribution in [3.63, 3.8) is 0 Å². The average Bonchev–Trinajstić information content (AvgIpc) is 2.90. The van der Waals surface area contributed by atoms with Crippen LogP contribution in [0.25, 0.3) is 0 Å². The van der Waals surface area contributed by atoms with Crippen molar-refractivity contribution in [2.45, 2.75) is 65.5 Å². The zero-order chi connectivity index (χ0) is 18.7. The number of likely N-dealkylation sites (tertiary alicyclic amines) is 1. The smallest absolute Gasteiger partial charge is 0.365 e. The molecule has 2 saturated carbocycles. The predicted molar refractivity (Wildman–Crippen MR) is 106 cm³/mol. The number of hydrogen-bond acceptors (Lipinski definition) is 2. The van der Waals surface area contributed by atoms with Crippen LogP contribution in [0.2, 0.25) is 5.02 Å². The molecular formula is C22H31ClNO2+. The Kier molecular flexibility index (Phi) is 4.20. The Morgan fingerprint density at radius 3 is 2.38 bits per heavy atom. The molecule has 0 aromatic heterocycles. The van der Waals surface area contributed by atoms with Gasteiger partial charge in [-0.15, -0.1) is 0 Å². The van der Waals surface area contributed by atoms with Crippen LogP contribution < -0.4 is 4.48 Å². The van der Waals surface area contributed by atoms with Crippen LogP contribution in [-0.4, -0.2) is 31.2 Å². The lowest BCUT2D eigenvalue weighted by atomic mass is 9.70. The third kappa shape index (κ3) is 2.32. The summed E-state index contributed by atoms with van der Waals surface area (Å²) in [5.41, 5.74) is 1.56. The molecule has 1 aromatic carbocycles. The Morgan fingerprint density at radius 1 is 1.23 bits per heavy atom. The van der Waals surface area contributed by atoms with E-state index in [4.69, 9.17) is 16.3 Å². The fourth-order valence-electron chi connectivity index (χ4n) is 6.02. The molecule has 1 aliphatic heterocycles. The highest BCUT2D eigenvalue weighted by molar-refractivity contribution is 6.30. The number of esters is 1. The molecule has 1 heterocycles. The highest BCUT2D eigenvalue weighted by Gasteiger charge is 2.64. The molecule has 3 aliphatic rings. The van der Waals surface area contributed by atoms with E-state index in [1.54, 1.807) is 0 Å². The second kappa shape index (κ2) is 5.97. The number of benzene rings is 1. The first-order valence-electron chi connectivity index (χ1n) is 10.1. The molecule has 4 rings (SSSR count). The van der Waals surface area contributed by atoms with Crippen LogP contribution >= 0.6 is 11.6 Å². The van der Waals surface area contributed by atoms with Crippen molar-refractivity contribution >= 4 is 23.3 Å². The number of carbonyl (C=O) groups excluding carboxylic acids is 1. The fraction of sp³-hybridized carbons (Fsp3) is 0.682. The number of likely N-dealkylation sites (N-methyl/N-ethyl adjacent to an activating group) is 1. The van der Waals surface area contributed by atoms with Gasteiger partial charge in [-0.25, -0.2) is 4.79 Å². The third-order valence-electron chi connectivity index (χ3n) is 8.55. The van der Waals surface area contributed by atoms with Crippen LogP contribution in [0, 0.1) is 16.7 Å². The van der Waals surface area contributed by atoms with Crippen molar-refractivity contribution in [1.82, 2.24) is 4.48 Å². The van der Waals surface area contributed by atoms with Crippen LogP contribution in [-0.2, 0) is 9.53 Å². The first-order chi connectivity index (χ1) is 12.2. The Labute approximate surface area is 162 Å². The van der Waals surface area contributed by atoms with Crippen molar-refractivity contribution < 1.29 is 9.53 Å². The van der Waals surface area contributed by atoms with Crippen LogP contribution in [0.15, 0.2) is 24.3 Å². The van der Waals surface area contributed by atoms with E-state index in [1.165, 1.54) is 18.5 Å². The molecule has 1 aromatic rings. The van der Waals surface area contributed by atoms with E-state index in [2.05, 4.69) is 39.8 Å². The van der Waals surface area contributed by atoms with Crippen LogP contribution in [0.5, 0.6) is 0 Å². The van der Waals surface area contributed by atoms with Gasteiger partial charge in [-0.1, -0.05) is 32.4 Å². The van der Waals surface area contributed by atoms with E-state index < -0.39 is 0 Å². The maximum Gasteiger partial charge on any atom is 0.365 e. The van der Waals surface area contributed by atoms with E-state index in [9.17, 15) is 4.79 Å². The minimum absolute atomic E-state index is 0.00243. The molecule has 142 valence electrons. The van der Waals surface area contributed by atoms with E-state index in [0.29, 0.717) is 10.4 Å². The SMILES string of the molecule is CC[N+]1(c2ccc(Cl)cc2)CCC1C(=O)OC1CC2CCC1(C)C2(C)C. The Bertz CT molecular complexity index is 711. The van der Waals surface area contributed by atoms with Gasteiger partial charge in [-0.2, -0.15) is 0 Å². The summed E-state index contributed by atoms with van der Waals surface area (Å²) >= 11 is 6.06. The maximum atomic E-state index is 13.2. The van der Waals surface area contributed by atoms with E-state index in [1.807, 2.05) is 12.1 Å². The van der Waals surface area contributed by atoms with Gasteiger partial charge >= 0.3 is 5.97 Å². The van der Waals surface area contributed by atoms with Gasteiger partial charge in [0.25, 0.3) is 0 Å². The van der Waals surface area contributed by atoms with Crippen LogP contribution in [0.3, 0.4) is 0 Å². The molecule has 0 N–H and O–H groups in total. The molecule has 0 spiro atoms. The number of nitrogens with zero attached hydrogens (tertiary/aromatic N) is 1. The minimum atomic E-state index is -0.0768. The van der Waals surface area contributed by atoms with E-state index in [-0.39, 0.29) is 28.9 Å². The molecule has 0 radical (unpaired) electrons. The number of carbonyl (C=O) groups is 1. The number of quaternary nitrogens is 1. The molecule has 2 bridgehead atoms. The van der Waals surface area contributed by atoms with Crippen LogP contribution in [0.4, 0.5) is 5.69 Å². The standard InChI is InChI=1S/C22H31ClNO2/c1-5-24(17-8-6-16(23)7-9-17)13-11-18(24)20(25)26-19-14-15-10-12-22(19,4)21(15,2)3/h6-9,15,18-19H,5,10-14H2,1-4H3/q+1. The number of rotatable bonds is 4. The first-order valence-corrected chi connectivity index (χ1v) is 10.5. The first kappa shape index (κ1) is 18.3. The molecule has 3 nitrogen and oxygen atoms in total. The second-order valence-corrected chi connectivity index (χ2v) is 9.83. The zero-order valence-electron chi connectivity index (χ0n) is 16.4. The molecule has 26 heavy (non-hydrogen) atoms. The van der Waals surface area contributed by atoms with Crippen molar-refractivity contribution in [2.75, 3.05) is 13.1 Å². The lowest BCUT2D eigenvalue weighted by molar-refractivity contribution is -0.167. The molecule has 5 unspecified atom stereocenters. The van der Waals surface area contributed by atoms with Crippen molar-refractivity contribution in [2.24, 2.45) is 16.7 Å². The molecular weight excluding hydrogens is 346 g/mol.